The average Bonchev–Trinajstić information content (AvgIpc) is 2.07. The summed E-state index contributed by atoms with van der Waals surface area (Å²) in [7, 11) is 0. The Kier molecular flexibility index (Phi) is 3.87. The van der Waals surface area contributed by atoms with Gasteiger partial charge in [-0.2, -0.15) is 0 Å². The van der Waals surface area contributed by atoms with E-state index < -0.39 is 0 Å². The van der Waals surface area contributed by atoms with Crippen LogP contribution in [-0.4, -0.2) is 19.5 Å². The first-order chi connectivity index (χ1) is 5.36. The molecule has 11 heavy (non-hydrogen) atoms. The summed E-state index contributed by atoms with van der Waals surface area (Å²) in [5.41, 5.74) is 0. The quantitative estimate of drug-likeness (QED) is 0.626. The van der Waals surface area contributed by atoms with Gasteiger partial charge in [0.1, 0.15) is 0 Å². The molecule has 0 spiro atoms. The van der Waals surface area contributed by atoms with Gasteiger partial charge in [0.2, 0.25) is 0 Å². The second kappa shape index (κ2) is 4.73. The maximum Gasteiger partial charge on any atom is 0.157 e. The lowest BCUT2D eigenvalue weighted by atomic mass is 10.1. The Labute approximate surface area is 68.9 Å². The van der Waals surface area contributed by atoms with Gasteiger partial charge in [0.25, 0.3) is 0 Å². The van der Waals surface area contributed by atoms with Gasteiger partial charge in [-0.05, 0) is 12.8 Å². The molecule has 1 aliphatic heterocycles. The van der Waals surface area contributed by atoms with Crippen molar-refractivity contribution in [3.05, 3.63) is 0 Å². The third-order valence-electron chi connectivity index (χ3n) is 2.07. The third-order valence-corrected chi connectivity index (χ3v) is 2.07. The molecule has 1 fully saturated rings. The summed E-state index contributed by atoms with van der Waals surface area (Å²) in [5.74, 6) is 0.641. The molecule has 0 amide bonds. The molecule has 2 heteroatoms. The molecule has 1 heterocycles. The highest BCUT2D eigenvalue weighted by Crippen LogP contribution is 2.16. The number of ether oxygens (including phenoxy) is 2. The van der Waals surface area contributed by atoms with Crippen molar-refractivity contribution in [1.82, 2.24) is 0 Å². The van der Waals surface area contributed by atoms with Crippen LogP contribution in [0.4, 0.5) is 0 Å². The van der Waals surface area contributed by atoms with Crippen molar-refractivity contribution in [2.45, 2.75) is 39.4 Å². The zero-order chi connectivity index (χ0) is 8.10. The normalized spacial score (nSPS) is 32.2. The Morgan fingerprint density at radius 3 is 2.27 bits per heavy atom. The molecular formula is C9H18O2. The molecule has 0 aromatic rings. The van der Waals surface area contributed by atoms with Gasteiger partial charge in [0, 0.05) is 5.92 Å². The topological polar surface area (TPSA) is 18.5 Å². The molecule has 66 valence electrons. The van der Waals surface area contributed by atoms with Crippen LogP contribution in [0.5, 0.6) is 0 Å². The van der Waals surface area contributed by atoms with E-state index in [2.05, 4.69) is 13.8 Å². The molecular weight excluding hydrogens is 140 g/mol. The van der Waals surface area contributed by atoms with Crippen LogP contribution in [0.15, 0.2) is 0 Å². The van der Waals surface area contributed by atoms with Crippen LogP contribution in [0.3, 0.4) is 0 Å². The van der Waals surface area contributed by atoms with Gasteiger partial charge < -0.3 is 9.47 Å². The molecule has 0 unspecified atom stereocenters. The molecule has 0 atom stereocenters. The molecule has 0 aromatic heterocycles. The molecule has 0 aromatic carbocycles. The number of hydrogen-bond acceptors (Lipinski definition) is 2. The van der Waals surface area contributed by atoms with E-state index in [1.165, 1.54) is 12.8 Å². The molecule has 1 rings (SSSR count). The van der Waals surface area contributed by atoms with E-state index in [0.29, 0.717) is 5.92 Å². The smallest absolute Gasteiger partial charge is 0.157 e. The molecule has 2 nitrogen and oxygen atoms in total. The molecule has 0 saturated carbocycles. The van der Waals surface area contributed by atoms with Gasteiger partial charge in [-0.15, -0.1) is 0 Å². The van der Waals surface area contributed by atoms with E-state index in [1.807, 2.05) is 0 Å². The monoisotopic (exact) mass is 158 g/mol. The van der Waals surface area contributed by atoms with E-state index in [-0.39, 0.29) is 6.29 Å². The van der Waals surface area contributed by atoms with Crippen molar-refractivity contribution < 1.29 is 9.47 Å². The Morgan fingerprint density at radius 2 is 1.82 bits per heavy atom. The van der Waals surface area contributed by atoms with Crippen LogP contribution in [0, 0.1) is 5.92 Å². The minimum absolute atomic E-state index is 0.0723. The fraction of sp³-hybridized carbons (Fsp3) is 1.00. The summed E-state index contributed by atoms with van der Waals surface area (Å²) in [6.45, 7) is 6.08. The lowest BCUT2D eigenvalue weighted by molar-refractivity contribution is -0.201. The first kappa shape index (κ1) is 9.01. The van der Waals surface area contributed by atoms with Gasteiger partial charge in [-0.25, -0.2) is 0 Å². The Morgan fingerprint density at radius 1 is 1.18 bits per heavy atom. The minimum atomic E-state index is 0.0723. The predicted octanol–water partition coefficient (Wildman–Crippen LogP) is 2.19. The Balaban J connectivity index is 2.14. The van der Waals surface area contributed by atoms with Gasteiger partial charge in [0.05, 0.1) is 13.2 Å². The van der Waals surface area contributed by atoms with Gasteiger partial charge in [0.15, 0.2) is 6.29 Å². The zero-order valence-electron chi connectivity index (χ0n) is 7.51. The van der Waals surface area contributed by atoms with Crippen molar-refractivity contribution >= 4 is 0 Å². The molecule has 1 aliphatic rings. The van der Waals surface area contributed by atoms with Crippen molar-refractivity contribution in [2.24, 2.45) is 5.92 Å². The third kappa shape index (κ3) is 2.80. The van der Waals surface area contributed by atoms with Crippen LogP contribution >= 0.6 is 0 Å². The maximum atomic E-state index is 5.47. The van der Waals surface area contributed by atoms with Gasteiger partial charge in [-0.3, -0.25) is 0 Å². The molecule has 1 saturated heterocycles. The lowest BCUT2D eigenvalue weighted by Crippen LogP contribution is -2.31. The van der Waals surface area contributed by atoms with Crippen LogP contribution in [-0.2, 0) is 9.47 Å². The summed E-state index contributed by atoms with van der Waals surface area (Å²) < 4.78 is 10.9. The highest BCUT2D eigenvalue weighted by Gasteiger charge is 2.19. The minimum Gasteiger partial charge on any atom is -0.352 e. The summed E-state index contributed by atoms with van der Waals surface area (Å²) in [4.78, 5) is 0. The average molecular weight is 158 g/mol. The van der Waals surface area contributed by atoms with Crippen LogP contribution in [0.2, 0.25) is 0 Å². The first-order valence-electron chi connectivity index (χ1n) is 4.60. The lowest BCUT2D eigenvalue weighted by Gasteiger charge is -2.28. The fourth-order valence-corrected chi connectivity index (χ4v) is 1.39. The first-order valence-corrected chi connectivity index (χ1v) is 4.60. The SMILES string of the molecule is CCCC1COC(CC)OC1. The van der Waals surface area contributed by atoms with Crippen molar-refractivity contribution in [3.8, 4) is 0 Å². The fourth-order valence-electron chi connectivity index (χ4n) is 1.39. The highest BCUT2D eigenvalue weighted by molar-refractivity contribution is 4.61. The standard InChI is InChI=1S/C9H18O2/c1-3-5-8-6-10-9(4-2)11-7-8/h8-9H,3-7H2,1-2H3. The summed E-state index contributed by atoms with van der Waals surface area (Å²) in [6, 6.07) is 0. The van der Waals surface area contributed by atoms with Crippen LogP contribution in [0.1, 0.15) is 33.1 Å². The van der Waals surface area contributed by atoms with Gasteiger partial charge >= 0.3 is 0 Å². The van der Waals surface area contributed by atoms with E-state index in [9.17, 15) is 0 Å². The Hall–Kier alpha value is -0.0800. The number of hydrogen-bond donors (Lipinski definition) is 0. The Bertz CT molecular complexity index is 95.7. The summed E-state index contributed by atoms with van der Waals surface area (Å²) in [6.07, 6.45) is 3.51. The molecule has 0 N–H and O–H groups in total. The van der Waals surface area contributed by atoms with Crippen LogP contribution < -0.4 is 0 Å². The summed E-state index contributed by atoms with van der Waals surface area (Å²) in [5, 5.41) is 0. The summed E-state index contributed by atoms with van der Waals surface area (Å²) >= 11 is 0. The van der Waals surface area contributed by atoms with Gasteiger partial charge in [-0.1, -0.05) is 20.3 Å². The van der Waals surface area contributed by atoms with Crippen molar-refractivity contribution in [3.63, 3.8) is 0 Å². The van der Waals surface area contributed by atoms with Crippen molar-refractivity contribution in [2.75, 3.05) is 13.2 Å². The zero-order valence-corrected chi connectivity index (χ0v) is 7.51. The highest BCUT2D eigenvalue weighted by atomic mass is 16.7. The second-order valence-electron chi connectivity index (χ2n) is 3.16. The molecule has 0 bridgehead atoms. The number of rotatable bonds is 3. The molecule has 0 aliphatic carbocycles. The van der Waals surface area contributed by atoms with Crippen LogP contribution in [0.25, 0.3) is 0 Å². The van der Waals surface area contributed by atoms with E-state index in [0.717, 1.165) is 19.6 Å². The largest absolute Gasteiger partial charge is 0.352 e. The van der Waals surface area contributed by atoms with E-state index in [4.69, 9.17) is 9.47 Å². The van der Waals surface area contributed by atoms with E-state index >= 15 is 0 Å². The second-order valence-corrected chi connectivity index (χ2v) is 3.16. The van der Waals surface area contributed by atoms with Crippen molar-refractivity contribution in [1.29, 1.82) is 0 Å². The van der Waals surface area contributed by atoms with E-state index in [1.54, 1.807) is 0 Å². The molecule has 0 radical (unpaired) electrons. The maximum absolute atomic E-state index is 5.47. The predicted molar refractivity (Wildman–Crippen MR) is 44.4 cm³/mol.